The number of aliphatic hydroxyl groups is 1. The van der Waals surface area contributed by atoms with E-state index >= 15 is 0 Å². The van der Waals surface area contributed by atoms with Gasteiger partial charge in [-0.15, -0.1) is 0 Å². The number of hydrogen-bond acceptors (Lipinski definition) is 2. The maximum Gasteiger partial charge on any atom is 0.471 e. The Hall–Kier alpha value is -1.56. The van der Waals surface area contributed by atoms with Crippen molar-refractivity contribution in [3.05, 3.63) is 35.4 Å². The van der Waals surface area contributed by atoms with Crippen LogP contribution in [-0.2, 0) is 11.2 Å². The van der Waals surface area contributed by atoms with Crippen LogP contribution in [0.4, 0.5) is 13.2 Å². The molecule has 0 radical (unpaired) electrons. The quantitative estimate of drug-likeness (QED) is 0.814. The molecule has 0 saturated carbocycles. The third-order valence-electron chi connectivity index (χ3n) is 2.34. The largest absolute Gasteiger partial charge is 0.471 e. The van der Waals surface area contributed by atoms with E-state index in [-0.39, 0.29) is 6.42 Å². The third kappa shape index (κ3) is 4.75. The summed E-state index contributed by atoms with van der Waals surface area (Å²) in [7, 11) is 0. The standard InChI is InChI=1S/C12H14F3NO2/c1-8-3-2-4-9(7-8)5-6-10(17)16-11(18)12(13,14)15/h2-4,7,10,17H,5-6H2,1H3,(H,16,18). The third-order valence-corrected chi connectivity index (χ3v) is 2.34. The number of rotatable bonds is 4. The minimum absolute atomic E-state index is 0.0330. The molecule has 1 aromatic carbocycles. The van der Waals surface area contributed by atoms with Crippen LogP contribution in [-0.4, -0.2) is 23.4 Å². The van der Waals surface area contributed by atoms with Gasteiger partial charge in [0, 0.05) is 0 Å². The van der Waals surface area contributed by atoms with E-state index in [2.05, 4.69) is 0 Å². The van der Waals surface area contributed by atoms with E-state index in [0.717, 1.165) is 11.1 Å². The fourth-order valence-corrected chi connectivity index (χ4v) is 1.48. The maximum absolute atomic E-state index is 11.9. The molecule has 100 valence electrons. The maximum atomic E-state index is 11.9. The molecule has 0 aliphatic carbocycles. The second-order valence-electron chi connectivity index (χ2n) is 4.01. The number of aliphatic hydroxyl groups excluding tert-OH is 1. The molecule has 18 heavy (non-hydrogen) atoms. The van der Waals surface area contributed by atoms with Crippen molar-refractivity contribution < 1.29 is 23.1 Å². The number of amides is 1. The summed E-state index contributed by atoms with van der Waals surface area (Å²) in [5.41, 5.74) is 1.93. The Morgan fingerprint density at radius 2 is 2.11 bits per heavy atom. The normalized spacial score (nSPS) is 13.2. The molecule has 0 bridgehead atoms. The van der Waals surface area contributed by atoms with Crippen molar-refractivity contribution in [2.24, 2.45) is 0 Å². The van der Waals surface area contributed by atoms with Crippen LogP contribution in [0, 0.1) is 6.92 Å². The first kappa shape index (κ1) is 14.5. The van der Waals surface area contributed by atoms with Crippen molar-refractivity contribution in [1.29, 1.82) is 0 Å². The molecule has 3 nitrogen and oxygen atoms in total. The minimum atomic E-state index is -4.97. The topological polar surface area (TPSA) is 49.3 Å². The lowest BCUT2D eigenvalue weighted by molar-refractivity contribution is -0.176. The van der Waals surface area contributed by atoms with Crippen LogP contribution in [0.25, 0.3) is 0 Å². The Morgan fingerprint density at radius 3 is 2.67 bits per heavy atom. The van der Waals surface area contributed by atoms with Gasteiger partial charge in [0.15, 0.2) is 0 Å². The fourth-order valence-electron chi connectivity index (χ4n) is 1.48. The van der Waals surface area contributed by atoms with Gasteiger partial charge in [0.2, 0.25) is 0 Å². The molecule has 0 aliphatic heterocycles. The van der Waals surface area contributed by atoms with Crippen molar-refractivity contribution in [2.75, 3.05) is 0 Å². The van der Waals surface area contributed by atoms with Gasteiger partial charge in [-0.25, -0.2) is 0 Å². The molecular formula is C12H14F3NO2. The molecule has 2 N–H and O–H groups in total. The smallest absolute Gasteiger partial charge is 0.374 e. The summed E-state index contributed by atoms with van der Waals surface area (Å²) in [5, 5.41) is 10.8. The van der Waals surface area contributed by atoms with E-state index in [1.54, 1.807) is 0 Å². The van der Waals surface area contributed by atoms with Crippen molar-refractivity contribution in [3.8, 4) is 0 Å². The predicted octanol–water partition coefficient (Wildman–Crippen LogP) is 1.92. The molecule has 1 amide bonds. The molecule has 1 unspecified atom stereocenters. The average molecular weight is 261 g/mol. The summed E-state index contributed by atoms with van der Waals surface area (Å²) >= 11 is 0. The minimum Gasteiger partial charge on any atom is -0.374 e. The molecule has 0 fully saturated rings. The van der Waals surface area contributed by atoms with Gasteiger partial charge in [-0.2, -0.15) is 13.2 Å². The van der Waals surface area contributed by atoms with Crippen molar-refractivity contribution in [2.45, 2.75) is 32.2 Å². The van der Waals surface area contributed by atoms with Gasteiger partial charge in [0.1, 0.15) is 6.23 Å². The lowest BCUT2D eigenvalue weighted by Crippen LogP contribution is -2.43. The highest BCUT2D eigenvalue weighted by Gasteiger charge is 2.39. The highest BCUT2D eigenvalue weighted by atomic mass is 19.4. The second-order valence-corrected chi connectivity index (χ2v) is 4.01. The summed E-state index contributed by atoms with van der Waals surface area (Å²) < 4.78 is 35.7. The Bertz CT molecular complexity index is 418. The summed E-state index contributed by atoms with van der Waals surface area (Å²) in [6.45, 7) is 1.89. The van der Waals surface area contributed by atoms with Crippen LogP contribution in [0.2, 0.25) is 0 Å². The number of halogens is 3. The van der Waals surface area contributed by atoms with Gasteiger partial charge >= 0.3 is 12.1 Å². The van der Waals surface area contributed by atoms with Crippen LogP contribution >= 0.6 is 0 Å². The summed E-state index contributed by atoms with van der Waals surface area (Å²) in [6.07, 6.45) is -6.05. The first-order valence-electron chi connectivity index (χ1n) is 5.40. The Balaban J connectivity index is 2.42. The Labute approximate surface area is 103 Å². The van der Waals surface area contributed by atoms with E-state index in [1.165, 1.54) is 5.32 Å². The number of aryl methyl sites for hydroxylation is 2. The van der Waals surface area contributed by atoms with E-state index in [4.69, 9.17) is 0 Å². The number of nitrogens with one attached hydrogen (secondary N) is 1. The summed E-state index contributed by atoms with van der Waals surface area (Å²) in [4.78, 5) is 10.5. The van der Waals surface area contributed by atoms with Crippen LogP contribution < -0.4 is 5.32 Å². The Morgan fingerprint density at radius 1 is 1.44 bits per heavy atom. The zero-order valence-corrected chi connectivity index (χ0v) is 9.79. The van der Waals surface area contributed by atoms with Crippen molar-refractivity contribution >= 4 is 5.91 Å². The summed E-state index contributed by atoms with van der Waals surface area (Å²) in [5.74, 6) is -2.13. The number of hydrogen-bond donors (Lipinski definition) is 2. The second kappa shape index (κ2) is 5.86. The molecule has 6 heteroatoms. The lowest BCUT2D eigenvalue weighted by atomic mass is 10.1. The van der Waals surface area contributed by atoms with E-state index < -0.39 is 18.3 Å². The molecule has 1 aromatic rings. The number of carbonyl (C=O) groups excluding carboxylic acids is 1. The molecule has 0 heterocycles. The van der Waals surface area contributed by atoms with Gasteiger partial charge in [-0.05, 0) is 25.3 Å². The first-order valence-corrected chi connectivity index (χ1v) is 5.40. The SMILES string of the molecule is Cc1cccc(CCC(O)NC(=O)C(F)(F)F)c1. The molecule has 0 spiro atoms. The van der Waals surface area contributed by atoms with E-state index in [0.29, 0.717) is 6.42 Å². The van der Waals surface area contributed by atoms with Gasteiger partial charge in [-0.3, -0.25) is 4.79 Å². The number of benzene rings is 1. The predicted molar refractivity (Wildman–Crippen MR) is 59.7 cm³/mol. The highest BCUT2D eigenvalue weighted by molar-refractivity contribution is 5.81. The fraction of sp³-hybridized carbons (Fsp3) is 0.417. The zero-order valence-electron chi connectivity index (χ0n) is 9.79. The van der Waals surface area contributed by atoms with E-state index in [9.17, 15) is 23.1 Å². The molecule has 1 atom stereocenters. The van der Waals surface area contributed by atoms with Crippen molar-refractivity contribution in [3.63, 3.8) is 0 Å². The molecule has 0 saturated heterocycles. The number of carbonyl (C=O) groups is 1. The van der Waals surface area contributed by atoms with Crippen molar-refractivity contribution in [1.82, 2.24) is 5.32 Å². The van der Waals surface area contributed by atoms with E-state index in [1.807, 2.05) is 31.2 Å². The molecule has 1 rings (SSSR count). The van der Waals surface area contributed by atoms with Crippen LogP contribution in [0.1, 0.15) is 17.5 Å². The van der Waals surface area contributed by atoms with Gasteiger partial charge in [-0.1, -0.05) is 29.8 Å². The molecular weight excluding hydrogens is 247 g/mol. The first-order chi connectivity index (χ1) is 8.29. The monoisotopic (exact) mass is 261 g/mol. The van der Waals surface area contributed by atoms with Crippen LogP contribution in [0.5, 0.6) is 0 Å². The van der Waals surface area contributed by atoms with Crippen LogP contribution in [0.3, 0.4) is 0 Å². The average Bonchev–Trinajstić information content (AvgIpc) is 2.25. The van der Waals surface area contributed by atoms with Gasteiger partial charge in [0.25, 0.3) is 0 Å². The molecule has 0 aliphatic rings. The highest BCUT2D eigenvalue weighted by Crippen LogP contribution is 2.15. The zero-order chi connectivity index (χ0) is 13.8. The Kier molecular flexibility index (Phi) is 4.72. The van der Waals surface area contributed by atoms with Gasteiger partial charge < -0.3 is 10.4 Å². The lowest BCUT2D eigenvalue weighted by Gasteiger charge is -2.14. The van der Waals surface area contributed by atoms with Gasteiger partial charge in [0.05, 0.1) is 0 Å². The number of alkyl halides is 3. The summed E-state index contributed by atoms with van der Waals surface area (Å²) in [6, 6.07) is 7.40. The van der Waals surface area contributed by atoms with Crippen LogP contribution in [0.15, 0.2) is 24.3 Å². The molecule has 0 aromatic heterocycles.